The maximum atomic E-state index is 2.52. The van der Waals surface area contributed by atoms with Gasteiger partial charge in [0.1, 0.15) is 0 Å². The van der Waals surface area contributed by atoms with E-state index in [0.29, 0.717) is 0 Å². The van der Waals surface area contributed by atoms with E-state index in [1.54, 1.807) is 0 Å². The molecule has 0 fully saturated rings. The first kappa shape index (κ1) is 37.6. The molecule has 0 aliphatic rings. The highest BCUT2D eigenvalue weighted by atomic mass is 32.1. The van der Waals surface area contributed by atoms with Gasteiger partial charge in [-0.15, -0.1) is 22.7 Å². The topological polar surface area (TPSA) is 9.86 Å². The second-order valence-electron chi connectivity index (χ2n) is 18.6. The number of hydrogen-bond donors (Lipinski definition) is 0. The molecule has 0 radical (unpaired) electrons. The van der Waals surface area contributed by atoms with Gasteiger partial charge >= 0.3 is 0 Å². The van der Waals surface area contributed by atoms with Crippen LogP contribution in [0, 0.1) is 0 Å². The standard InChI is InChI=1S/C58H48N2S2/c1-7-57(3,4)37-25-29-41-39-15-9-11-18-46(39)59(50(41)33-37)48-20-14-22-52-55(48)45-28-24-36(32-54(45)61-52)35-23-27-43-44-17-13-21-49(56(44)62-53(43)31-35)60-47-19-12-10-16-40(47)42-30-26-38(34-51(42)60)58(5,6)8-2/h9-34H,7-8H2,1-6H3. The van der Waals surface area contributed by atoms with Crippen molar-refractivity contribution in [3.05, 3.63) is 169 Å². The summed E-state index contributed by atoms with van der Waals surface area (Å²) in [6.07, 6.45) is 2.18. The van der Waals surface area contributed by atoms with Crippen molar-refractivity contribution in [2.75, 3.05) is 0 Å². The van der Waals surface area contributed by atoms with Gasteiger partial charge in [0.15, 0.2) is 0 Å². The van der Waals surface area contributed by atoms with Crippen LogP contribution in [0.15, 0.2) is 158 Å². The van der Waals surface area contributed by atoms with Gasteiger partial charge < -0.3 is 9.13 Å². The highest BCUT2D eigenvalue weighted by molar-refractivity contribution is 7.26. The number of fused-ring (bicyclic) bond motifs is 12. The van der Waals surface area contributed by atoms with E-state index < -0.39 is 0 Å². The van der Waals surface area contributed by atoms with Crippen LogP contribution in [0.1, 0.15) is 65.5 Å². The van der Waals surface area contributed by atoms with Crippen LogP contribution in [0.5, 0.6) is 0 Å². The molecule has 0 atom stereocenters. The lowest BCUT2D eigenvalue weighted by molar-refractivity contribution is 0.506. The molecule has 0 amide bonds. The van der Waals surface area contributed by atoms with Crippen molar-refractivity contribution in [1.29, 1.82) is 0 Å². The quantitative estimate of drug-likeness (QED) is 0.151. The van der Waals surface area contributed by atoms with Gasteiger partial charge in [-0.2, -0.15) is 0 Å². The molecule has 0 aliphatic heterocycles. The Morgan fingerprint density at radius 3 is 1.48 bits per heavy atom. The van der Waals surface area contributed by atoms with E-state index in [2.05, 4.69) is 208 Å². The first-order chi connectivity index (χ1) is 30.1. The summed E-state index contributed by atoms with van der Waals surface area (Å²) in [7, 11) is 0. The van der Waals surface area contributed by atoms with Gasteiger partial charge in [-0.25, -0.2) is 0 Å². The third kappa shape index (κ3) is 5.46. The fraction of sp³-hybridized carbons (Fsp3) is 0.172. The molecule has 0 N–H and O–H groups in total. The Hall–Kier alpha value is -6.20. The Kier molecular flexibility index (Phi) is 8.27. The van der Waals surface area contributed by atoms with E-state index in [0.717, 1.165) is 12.8 Å². The Labute approximate surface area is 370 Å². The molecule has 0 spiro atoms. The van der Waals surface area contributed by atoms with E-state index in [1.807, 2.05) is 22.7 Å². The minimum atomic E-state index is 0.0938. The Morgan fingerprint density at radius 1 is 0.387 bits per heavy atom. The predicted octanol–water partition coefficient (Wildman–Crippen LogP) is 17.7. The molecular formula is C58H48N2S2. The van der Waals surface area contributed by atoms with Crippen molar-refractivity contribution < 1.29 is 0 Å². The van der Waals surface area contributed by atoms with Crippen molar-refractivity contribution in [3.63, 3.8) is 0 Å². The van der Waals surface area contributed by atoms with Gasteiger partial charge in [-0.1, -0.05) is 145 Å². The van der Waals surface area contributed by atoms with Crippen LogP contribution < -0.4 is 0 Å². The van der Waals surface area contributed by atoms with Crippen LogP contribution >= 0.6 is 22.7 Å². The normalized spacial score (nSPS) is 12.8. The molecular weight excluding hydrogens is 789 g/mol. The van der Waals surface area contributed by atoms with Crippen LogP contribution in [0.2, 0.25) is 0 Å². The summed E-state index contributed by atoms with van der Waals surface area (Å²) >= 11 is 3.82. The zero-order valence-electron chi connectivity index (χ0n) is 36.1. The minimum absolute atomic E-state index is 0.0938. The molecule has 12 aromatic rings. The van der Waals surface area contributed by atoms with E-state index in [9.17, 15) is 0 Å². The fourth-order valence-corrected chi connectivity index (χ4v) is 12.4. The SMILES string of the molecule is CCC(C)(C)c1ccc2c3ccccc3n(-c3cccc4c3sc3cc(-c5ccc6c(c5)sc5cccc(-n7c8ccccc8c8ccc(C(C)(C)CC)cc87)c56)ccc34)c2c1. The van der Waals surface area contributed by atoms with Crippen molar-refractivity contribution in [1.82, 2.24) is 9.13 Å². The second kappa shape index (κ2) is 13.6. The molecule has 12 rings (SSSR count). The van der Waals surface area contributed by atoms with Crippen LogP contribution in [0.3, 0.4) is 0 Å². The Balaban J connectivity index is 1.00. The van der Waals surface area contributed by atoms with Gasteiger partial charge in [0.2, 0.25) is 0 Å². The van der Waals surface area contributed by atoms with Crippen LogP contribution in [0.4, 0.5) is 0 Å². The van der Waals surface area contributed by atoms with Crippen molar-refractivity contribution >= 4 is 107 Å². The smallest absolute Gasteiger partial charge is 0.0640 e. The van der Waals surface area contributed by atoms with Gasteiger partial charge in [-0.3, -0.25) is 0 Å². The van der Waals surface area contributed by atoms with Gasteiger partial charge in [-0.05, 0) is 101 Å². The summed E-state index contributed by atoms with van der Waals surface area (Å²) in [6, 6.07) is 60.0. The zero-order valence-corrected chi connectivity index (χ0v) is 37.8. The van der Waals surface area contributed by atoms with Crippen LogP contribution in [-0.4, -0.2) is 9.13 Å². The minimum Gasteiger partial charge on any atom is -0.309 e. The molecule has 0 aliphatic carbocycles. The van der Waals surface area contributed by atoms with Crippen molar-refractivity contribution in [2.45, 2.75) is 65.2 Å². The summed E-state index contributed by atoms with van der Waals surface area (Å²) in [5.74, 6) is 0. The number of aromatic nitrogens is 2. The molecule has 0 saturated carbocycles. The van der Waals surface area contributed by atoms with E-state index >= 15 is 0 Å². The molecule has 2 nitrogen and oxygen atoms in total. The number of benzene rings is 8. The lowest BCUT2D eigenvalue weighted by Crippen LogP contribution is -2.15. The molecule has 302 valence electrons. The Bertz CT molecular complexity index is 3780. The second-order valence-corrected chi connectivity index (χ2v) is 20.7. The van der Waals surface area contributed by atoms with Gasteiger partial charge in [0, 0.05) is 57.2 Å². The number of hydrogen-bond acceptors (Lipinski definition) is 2. The largest absolute Gasteiger partial charge is 0.309 e. The van der Waals surface area contributed by atoms with E-state index in [4.69, 9.17) is 0 Å². The summed E-state index contributed by atoms with van der Waals surface area (Å²) in [6.45, 7) is 14.0. The molecule has 4 aromatic heterocycles. The lowest BCUT2D eigenvalue weighted by Gasteiger charge is -2.23. The monoisotopic (exact) mass is 836 g/mol. The highest BCUT2D eigenvalue weighted by Crippen LogP contribution is 2.46. The first-order valence-corrected chi connectivity index (χ1v) is 23.8. The summed E-state index contributed by atoms with van der Waals surface area (Å²) < 4.78 is 10.3. The lowest BCUT2D eigenvalue weighted by atomic mass is 9.82. The maximum absolute atomic E-state index is 2.52. The zero-order chi connectivity index (χ0) is 42.1. The number of rotatable bonds is 7. The van der Waals surface area contributed by atoms with Crippen LogP contribution in [0.25, 0.3) is 106 Å². The van der Waals surface area contributed by atoms with Gasteiger partial charge in [0.05, 0.1) is 38.1 Å². The van der Waals surface area contributed by atoms with Crippen molar-refractivity contribution in [2.24, 2.45) is 0 Å². The summed E-state index contributed by atoms with van der Waals surface area (Å²) in [4.78, 5) is 0. The maximum Gasteiger partial charge on any atom is 0.0640 e. The first-order valence-electron chi connectivity index (χ1n) is 22.1. The molecule has 0 saturated heterocycles. The number of thiophene rings is 2. The number of para-hydroxylation sites is 2. The molecule has 0 unspecified atom stereocenters. The molecule has 4 heteroatoms. The highest BCUT2D eigenvalue weighted by Gasteiger charge is 2.24. The average molecular weight is 837 g/mol. The molecule has 4 heterocycles. The molecule has 8 aromatic carbocycles. The average Bonchev–Trinajstić information content (AvgIpc) is 4.05. The van der Waals surface area contributed by atoms with Gasteiger partial charge in [0.25, 0.3) is 0 Å². The third-order valence-electron chi connectivity index (χ3n) is 14.4. The van der Waals surface area contributed by atoms with E-state index in [-0.39, 0.29) is 10.8 Å². The fourth-order valence-electron chi connectivity index (χ4n) is 10.0. The van der Waals surface area contributed by atoms with E-state index in [1.165, 1.54) is 118 Å². The van der Waals surface area contributed by atoms with Crippen LogP contribution in [-0.2, 0) is 10.8 Å². The third-order valence-corrected chi connectivity index (χ3v) is 16.8. The van der Waals surface area contributed by atoms with Crippen molar-refractivity contribution in [3.8, 4) is 22.5 Å². The predicted molar refractivity (Wildman–Crippen MR) is 273 cm³/mol. The molecule has 62 heavy (non-hydrogen) atoms. The number of nitrogens with zero attached hydrogens (tertiary/aromatic N) is 2. The molecule has 0 bridgehead atoms. The Morgan fingerprint density at radius 2 is 0.871 bits per heavy atom. The summed E-state index contributed by atoms with van der Waals surface area (Å²) in [5, 5.41) is 10.5. The summed E-state index contributed by atoms with van der Waals surface area (Å²) in [5.41, 5.74) is 13.0.